The first-order valence-corrected chi connectivity index (χ1v) is 10.7. The maximum absolute atomic E-state index is 13.3. The highest BCUT2D eigenvalue weighted by atomic mass is 35.5. The molecule has 0 N–H and O–H groups in total. The topological polar surface area (TPSA) is 47.4 Å². The van der Waals surface area contributed by atoms with Crippen LogP contribution < -0.4 is 9.64 Å². The number of aryl methyl sites for hydroxylation is 1. The average molecular weight is 444 g/mol. The molecule has 0 radical (unpaired) electrons. The number of rotatable bonds is 4. The molecular formula is C26H22ClN3O2. The second kappa shape index (κ2) is 7.84. The Balaban J connectivity index is 1.49. The molecule has 0 saturated heterocycles. The highest BCUT2D eigenvalue weighted by Crippen LogP contribution is 2.36. The number of amides is 1. The molecule has 0 saturated carbocycles. The van der Waals surface area contributed by atoms with Crippen molar-refractivity contribution in [1.82, 2.24) is 9.55 Å². The number of carbonyl (C=O) groups excluding carboxylic acids is 1. The van der Waals surface area contributed by atoms with Gasteiger partial charge in [0.2, 0.25) is 0 Å². The number of fused-ring (bicyclic) bond motifs is 1. The lowest BCUT2D eigenvalue weighted by atomic mass is 9.97. The minimum Gasteiger partial charge on any atom is -0.494 e. The summed E-state index contributed by atoms with van der Waals surface area (Å²) in [5.74, 6) is 0.661. The first-order chi connectivity index (χ1) is 15.5. The van der Waals surface area contributed by atoms with Gasteiger partial charge in [0.25, 0.3) is 5.91 Å². The van der Waals surface area contributed by atoms with Gasteiger partial charge in [-0.1, -0.05) is 35.9 Å². The Hall–Kier alpha value is -3.57. The van der Waals surface area contributed by atoms with Crippen molar-refractivity contribution in [2.45, 2.75) is 20.4 Å². The summed E-state index contributed by atoms with van der Waals surface area (Å²) < 4.78 is 7.54. The lowest BCUT2D eigenvalue weighted by molar-refractivity contribution is 0.0996. The summed E-state index contributed by atoms with van der Waals surface area (Å²) in [6, 6.07) is 17.7. The van der Waals surface area contributed by atoms with Crippen molar-refractivity contribution >= 4 is 23.2 Å². The molecule has 160 valence electrons. The third kappa shape index (κ3) is 3.35. The van der Waals surface area contributed by atoms with Gasteiger partial charge >= 0.3 is 0 Å². The highest BCUT2D eigenvalue weighted by Gasteiger charge is 2.29. The molecule has 0 bridgehead atoms. The van der Waals surface area contributed by atoms with E-state index in [1.807, 2.05) is 73.1 Å². The first kappa shape index (κ1) is 20.3. The Morgan fingerprint density at radius 1 is 1.03 bits per heavy atom. The van der Waals surface area contributed by atoms with Gasteiger partial charge in [0.15, 0.2) is 0 Å². The first-order valence-electron chi connectivity index (χ1n) is 10.4. The fourth-order valence-electron chi connectivity index (χ4n) is 4.20. The highest BCUT2D eigenvalue weighted by molar-refractivity contribution is 6.31. The summed E-state index contributed by atoms with van der Waals surface area (Å²) in [6.07, 6.45) is 3.69. The van der Waals surface area contributed by atoms with Gasteiger partial charge in [0, 0.05) is 28.5 Å². The summed E-state index contributed by atoms with van der Waals surface area (Å²) in [5, 5.41) is 0.719. The van der Waals surface area contributed by atoms with E-state index in [0.717, 1.165) is 49.9 Å². The van der Waals surface area contributed by atoms with Crippen molar-refractivity contribution in [2.75, 3.05) is 12.0 Å². The van der Waals surface area contributed by atoms with Gasteiger partial charge in [-0.2, -0.15) is 0 Å². The molecule has 0 atom stereocenters. The molecule has 0 aliphatic carbocycles. The van der Waals surface area contributed by atoms with Crippen LogP contribution in [-0.2, 0) is 6.54 Å². The number of carbonyl (C=O) groups is 1. The second-order valence-electron chi connectivity index (χ2n) is 7.95. The zero-order valence-electron chi connectivity index (χ0n) is 18.1. The van der Waals surface area contributed by atoms with E-state index < -0.39 is 0 Å². The number of methoxy groups -OCH3 is 1. The fraction of sp³-hybridized carbons (Fsp3) is 0.154. The Kier molecular flexibility index (Phi) is 4.98. The molecule has 5 rings (SSSR count). The Morgan fingerprint density at radius 3 is 2.62 bits per heavy atom. The summed E-state index contributed by atoms with van der Waals surface area (Å²) in [6.45, 7) is 4.46. The largest absolute Gasteiger partial charge is 0.494 e. The number of halogens is 1. The molecule has 1 aliphatic rings. The number of anilines is 1. The summed E-state index contributed by atoms with van der Waals surface area (Å²) in [5.41, 5.74) is 7.35. The zero-order valence-corrected chi connectivity index (χ0v) is 18.8. The number of aromatic nitrogens is 2. The standard InChI is InChI=1S/C26H22ClN3O2/c1-16-13-29(15-28-16)24-10-9-20(12-25(24)32-3)30-14-19-8-7-18(11-22(19)26(30)31)21-5-4-6-23(27)17(21)2/h4-13,15H,14H2,1-3H3. The van der Waals surface area contributed by atoms with E-state index in [0.29, 0.717) is 12.3 Å². The van der Waals surface area contributed by atoms with Crippen LogP contribution in [0.5, 0.6) is 5.75 Å². The molecule has 2 heterocycles. The van der Waals surface area contributed by atoms with Crippen LogP contribution in [0, 0.1) is 13.8 Å². The van der Waals surface area contributed by atoms with Crippen molar-refractivity contribution < 1.29 is 9.53 Å². The van der Waals surface area contributed by atoms with E-state index in [1.54, 1.807) is 18.3 Å². The van der Waals surface area contributed by atoms with Crippen LogP contribution in [0.25, 0.3) is 16.8 Å². The van der Waals surface area contributed by atoms with Gasteiger partial charge in [-0.25, -0.2) is 4.98 Å². The Morgan fingerprint density at radius 2 is 1.88 bits per heavy atom. The smallest absolute Gasteiger partial charge is 0.258 e. The van der Waals surface area contributed by atoms with Crippen LogP contribution in [0.3, 0.4) is 0 Å². The van der Waals surface area contributed by atoms with Gasteiger partial charge < -0.3 is 14.2 Å². The van der Waals surface area contributed by atoms with Crippen molar-refractivity contribution in [3.63, 3.8) is 0 Å². The van der Waals surface area contributed by atoms with Crippen molar-refractivity contribution in [2.24, 2.45) is 0 Å². The molecule has 0 fully saturated rings. The van der Waals surface area contributed by atoms with Crippen LogP contribution >= 0.6 is 11.6 Å². The SMILES string of the molecule is COc1cc(N2Cc3ccc(-c4cccc(Cl)c4C)cc3C2=O)ccc1-n1cnc(C)c1. The third-order valence-electron chi connectivity index (χ3n) is 5.96. The lowest BCUT2D eigenvalue weighted by Gasteiger charge is -2.18. The summed E-state index contributed by atoms with van der Waals surface area (Å²) >= 11 is 6.31. The molecule has 6 heteroatoms. The monoisotopic (exact) mass is 443 g/mol. The molecule has 3 aromatic carbocycles. The molecule has 5 nitrogen and oxygen atoms in total. The van der Waals surface area contributed by atoms with Gasteiger partial charge in [-0.15, -0.1) is 0 Å². The molecule has 1 aliphatic heterocycles. The number of ether oxygens (including phenoxy) is 1. The van der Waals surface area contributed by atoms with E-state index in [9.17, 15) is 4.79 Å². The van der Waals surface area contributed by atoms with Crippen LogP contribution in [0.15, 0.2) is 67.1 Å². The van der Waals surface area contributed by atoms with Crippen LogP contribution in [0.2, 0.25) is 5.02 Å². The van der Waals surface area contributed by atoms with Gasteiger partial charge in [0.05, 0.1) is 31.4 Å². The van der Waals surface area contributed by atoms with Crippen LogP contribution in [-0.4, -0.2) is 22.6 Å². The predicted molar refractivity (Wildman–Crippen MR) is 127 cm³/mol. The van der Waals surface area contributed by atoms with Crippen molar-refractivity contribution in [1.29, 1.82) is 0 Å². The molecule has 0 spiro atoms. The molecule has 1 aromatic heterocycles. The normalized spacial score (nSPS) is 12.9. The van der Waals surface area contributed by atoms with Crippen molar-refractivity contribution in [3.05, 3.63) is 94.5 Å². The fourth-order valence-corrected chi connectivity index (χ4v) is 4.37. The quantitative estimate of drug-likeness (QED) is 0.390. The number of hydrogen-bond donors (Lipinski definition) is 0. The van der Waals surface area contributed by atoms with Crippen LogP contribution in [0.1, 0.15) is 27.2 Å². The predicted octanol–water partition coefficient (Wildman–Crippen LogP) is 5.98. The summed E-state index contributed by atoms with van der Waals surface area (Å²) in [7, 11) is 1.63. The zero-order chi connectivity index (χ0) is 22.4. The second-order valence-corrected chi connectivity index (χ2v) is 8.36. The van der Waals surface area contributed by atoms with Crippen molar-refractivity contribution in [3.8, 4) is 22.6 Å². The molecule has 0 unspecified atom stereocenters. The van der Waals surface area contributed by atoms with Crippen LogP contribution in [0.4, 0.5) is 5.69 Å². The number of benzene rings is 3. The minimum atomic E-state index is -0.0187. The van der Waals surface area contributed by atoms with E-state index >= 15 is 0 Å². The van der Waals surface area contributed by atoms with E-state index in [-0.39, 0.29) is 5.91 Å². The lowest BCUT2D eigenvalue weighted by Crippen LogP contribution is -2.23. The van der Waals surface area contributed by atoms with Gasteiger partial charge in [-0.3, -0.25) is 4.79 Å². The van der Waals surface area contributed by atoms with Gasteiger partial charge in [0.1, 0.15) is 5.75 Å². The minimum absolute atomic E-state index is 0.0187. The number of nitrogens with zero attached hydrogens (tertiary/aromatic N) is 3. The molecule has 32 heavy (non-hydrogen) atoms. The maximum atomic E-state index is 13.3. The number of imidazole rings is 1. The van der Waals surface area contributed by atoms with Gasteiger partial charge in [-0.05, 0) is 60.4 Å². The molecule has 4 aromatic rings. The Bertz CT molecular complexity index is 1360. The van der Waals surface area contributed by atoms with E-state index in [1.165, 1.54) is 0 Å². The van der Waals surface area contributed by atoms with E-state index in [2.05, 4.69) is 11.1 Å². The molecule has 1 amide bonds. The van der Waals surface area contributed by atoms with E-state index in [4.69, 9.17) is 16.3 Å². The maximum Gasteiger partial charge on any atom is 0.258 e. The average Bonchev–Trinajstić information content (AvgIpc) is 3.38. The summed E-state index contributed by atoms with van der Waals surface area (Å²) in [4.78, 5) is 19.4. The molecular weight excluding hydrogens is 422 g/mol. The number of hydrogen-bond acceptors (Lipinski definition) is 3. The Labute approximate surface area is 191 Å². The third-order valence-corrected chi connectivity index (χ3v) is 6.37.